The zero-order valence-electron chi connectivity index (χ0n) is 11.1. The third-order valence-electron chi connectivity index (χ3n) is 2.97. The first kappa shape index (κ1) is 12.6. The van der Waals surface area contributed by atoms with Gasteiger partial charge in [-0.05, 0) is 19.4 Å². The van der Waals surface area contributed by atoms with Crippen LogP contribution in [-0.4, -0.2) is 25.1 Å². The van der Waals surface area contributed by atoms with Crippen molar-refractivity contribution in [2.75, 3.05) is 12.4 Å². The minimum absolute atomic E-state index is 0.0245. The number of rotatable bonds is 3. The average Bonchev–Trinajstić information content (AvgIpc) is 2.38. The number of fused-ring (bicyclic) bond motifs is 1. The fraction of sp³-hybridized carbons (Fsp3) is 0.333. The molecule has 0 fully saturated rings. The summed E-state index contributed by atoms with van der Waals surface area (Å²) in [4.78, 5) is 8.82. The predicted molar refractivity (Wildman–Crippen MR) is 78.9 cm³/mol. The first-order valence-corrected chi connectivity index (χ1v) is 6.28. The summed E-state index contributed by atoms with van der Waals surface area (Å²) in [6.45, 7) is 4.18. The number of hydrogen-bond donors (Lipinski definition) is 1. The van der Waals surface area contributed by atoms with Gasteiger partial charge in [-0.15, -0.1) is 0 Å². The first-order chi connectivity index (χ1) is 8.76. The molecule has 1 aliphatic rings. The number of hydrogen-bond acceptors (Lipinski definition) is 3. The normalized spacial score (nSPS) is 19.4. The van der Waals surface area contributed by atoms with E-state index in [0.29, 0.717) is 0 Å². The molecule has 0 bridgehead atoms. The van der Waals surface area contributed by atoms with Crippen LogP contribution >= 0.6 is 0 Å². The lowest BCUT2D eigenvalue weighted by atomic mass is 10.0. The monoisotopic (exact) mass is 241 g/mol. The van der Waals surface area contributed by atoms with Crippen molar-refractivity contribution in [3.05, 3.63) is 41.5 Å². The van der Waals surface area contributed by atoms with Gasteiger partial charge in [0, 0.05) is 35.8 Å². The van der Waals surface area contributed by atoms with E-state index in [0.717, 1.165) is 23.4 Å². The van der Waals surface area contributed by atoms with Gasteiger partial charge < -0.3 is 5.32 Å². The van der Waals surface area contributed by atoms with Crippen molar-refractivity contribution in [1.29, 1.82) is 0 Å². The summed E-state index contributed by atoms with van der Waals surface area (Å²) >= 11 is 0. The van der Waals surface area contributed by atoms with Gasteiger partial charge in [0.15, 0.2) is 0 Å². The fourth-order valence-electron chi connectivity index (χ4n) is 2.14. The minimum atomic E-state index is -0.0245. The molecule has 1 aromatic rings. The molecule has 1 unspecified atom stereocenters. The number of benzene rings is 1. The van der Waals surface area contributed by atoms with Crippen molar-refractivity contribution in [3.8, 4) is 0 Å². The van der Waals surface area contributed by atoms with E-state index in [2.05, 4.69) is 42.4 Å². The molecule has 0 aromatic heterocycles. The van der Waals surface area contributed by atoms with Crippen LogP contribution in [0.15, 0.2) is 45.9 Å². The van der Waals surface area contributed by atoms with Gasteiger partial charge in [-0.25, -0.2) is 0 Å². The number of nitrogens with zero attached hydrogens (tertiary/aromatic N) is 2. The fourth-order valence-corrected chi connectivity index (χ4v) is 2.14. The third kappa shape index (κ3) is 2.50. The van der Waals surface area contributed by atoms with Crippen LogP contribution in [-0.2, 0) is 0 Å². The van der Waals surface area contributed by atoms with Gasteiger partial charge >= 0.3 is 0 Å². The standard InChI is InChI=1S/C15H19N3/c1-4-7-12(10-16-3)15-17-11(2)13-8-5-6-9-14(13)18-15/h5-10,15,18H,4H2,1-3H3/b12-7+,16-10?. The Morgan fingerprint density at radius 2 is 2.22 bits per heavy atom. The summed E-state index contributed by atoms with van der Waals surface area (Å²) in [6.07, 6.45) is 5.00. The summed E-state index contributed by atoms with van der Waals surface area (Å²) in [5, 5.41) is 3.45. The molecule has 18 heavy (non-hydrogen) atoms. The van der Waals surface area contributed by atoms with E-state index < -0.39 is 0 Å². The van der Waals surface area contributed by atoms with Gasteiger partial charge in [-0.3, -0.25) is 9.98 Å². The van der Waals surface area contributed by atoms with E-state index in [9.17, 15) is 0 Å². The van der Waals surface area contributed by atoms with Crippen LogP contribution in [0.3, 0.4) is 0 Å². The second-order valence-electron chi connectivity index (χ2n) is 4.31. The van der Waals surface area contributed by atoms with Crippen molar-refractivity contribution in [2.24, 2.45) is 9.98 Å². The summed E-state index contributed by atoms with van der Waals surface area (Å²) in [6, 6.07) is 8.26. The predicted octanol–water partition coefficient (Wildman–Crippen LogP) is 3.28. The maximum absolute atomic E-state index is 4.71. The van der Waals surface area contributed by atoms with Crippen LogP contribution < -0.4 is 5.32 Å². The molecular weight excluding hydrogens is 222 g/mol. The number of para-hydroxylation sites is 1. The highest BCUT2D eigenvalue weighted by atomic mass is 15.1. The third-order valence-corrected chi connectivity index (χ3v) is 2.97. The van der Waals surface area contributed by atoms with Crippen molar-refractivity contribution in [3.63, 3.8) is 0 Å². The Labute approximate surface area is 108 Å². The van der Waals surface area contributed by atoms with E-state index in [1.807, 2.05) is 18.3 Å². The molecule has 0 spiro atoms. The topological polar surface area (TPSA) is 36.8 Å². The highest BCUT2D eigenvalue weighted by Gasteiger charge is 2.19. The molecule has 1 heterocycles. The molecule has 1 aliphatic heterocycles. The minimum Gasteiger partial charge on any atom is -0.359 e. The molecule has 2 rings (SSSR count). The molecule has 0 radical (unpaired) electrons. The van der Waals surface area contributed by atoms with Gasteiger partial charge in [0.1, 0.15) is 6.17 Å². The summed E-state index contributed by atoms with van der Waals surface area (Å²) in [5.74, 6) is 0. The number of aliphatic imine (C=N–C) groups is 2. The van der Waals surface area contributed by atoms with E-state index in [4.69, 9.17) is 4.99 Å². The largest absolute Gasteiger partial charge is 0.359 e. The Kier molecular flexibility index (Phi) is 3.92. The number of nitrogens with one attached hydrogen (secondary N) is 1. The van der Waals surface area contributed by atoms with Crippen LogP contribution in [0, 0.1) is 0 Å². The van der Waals surface area contributed by atoms with Crippen molar-refractivity contribution in [1.82, 2.24) is 0 Å². The molecule has 3 heteroatoms. The Bertz CT molecular complexity index is 512. The first-order valence-electron chi connectivity index (χ1n) is 6.28. The van der Waals surface area contributed by atoms with Crippen LogP contribution in [0.1, 0.15) is 25.8 Å². The molecule has 94 valence electrons. The molecule has 0 saturated carbocycles. The summed E-state index contributed by atoms with van der Waals surface area (Å²) in [5.41, 5.74) is 4.51. The highest BCUT2D eigenvalue weighted by Crippen LogP contribution is 2.24. The summed E-state index contributed by atoms with van der Waals surface area (Å²) < 4.78 is 0. The SMILES string of the molecule is CC/C=C(\C=NC)C1N=C(C)c2ccccc2N1. The lowest BCUT2D eigenvalue weighted by molar-refractivity contribution is 0.895. The lowest BCUT2D eigenvalue weighted by Crippen LogP contribution is -2.27. The molecular formula is C15H19N3. The Morgan fingerprint density at radius 1 is 1.44 bits per heavy atom. The van der Waals surface area contributed by atoms with Gasteiger partial charge in [0.25, 0.3) is 0 Å². The second-order valence-corrected chi connectivity index (χ2v) is 4.31. The van der Waals surface area contributed by atoms with Gasteiger partial charge in [-0.2, -0.15) is 0 Å². The van der Waals surface area contributed by atoms with Gasteiger partial charge in [0.05, 0.1) is 0 Å². The molecule has 3 nitrogen and oxygen atoms in total. The van der Waals surface area contributed by atoms with Crippen molar-refractivity contribution >= 4 is 17.6 Å². The average molecular weight is 241 g/mol. The van der Waals surface area contributed by atoms with E-state index in [1.54, 1.807) is 7.05 Å². The molecule has 0 aliphatic carbocycles. The van der Waals surface area contributed by atoms with E-state index in [-0.39, 0.29) is 6.17 Å². The van der Waals surface area contributed by atoms with Crippen LogP contribution in [0.5, 0.6) is 0 Å². The Morgan fingerprint density at radius 3 is 2.94 bits per heavy atom. The lowest BCUT2D eigenvalue weighted by Gasteiger charge is -2.25. The number of anilines is 1. The zero-order chi connectivity index (χ0) is 13.0. The van der Waals surface area contributed by atoms with Crippen molar-refractivity contribution < 1.29 is 0 Å². The smallest absolute Gasteiger partial charge is 0.146 e. The maximum Gasteiger partial charge on any atom is 0.146 e. The Balaban J connectivity index is 2.35. The van der Waals surface area contributed by atoms with Gasteiger partial charge in [0.2, 0.25) is 0 Å². The van der Waals surface area contributed by atoms with E-state index >= 15 is 0 Å². The summed E-state index contributed by atoms with van der Waals surface area (Å²) in [7, 11) is 1.79. The van der Waals surface area contributed by atoms with E-state index in [1.165, 1.54) is 5.56 Å². The molecule has 0 saturated heterocycles. The van der Waals surface area contributed by atoms with Crippen LogP contribution in [0.25, 0.3) is 0 Å². The Hall–Kier alpha value is -1.90. The molecule has 1 aromatic carbocycles. The second kappa shape index (κ2) is 5.63. The van der Waals surface area contributed by atoms with Crippen LogP contribution in [0.2, 0.25) is 0 Å². The zero-order valence-corrected chi connectivity index (χ0v) is 11.1. The van der Waals surface area contributed by atoms with Crippen LogP contribution in [0.4, 0.5) is 5.69 Å². The van der Waals surface area contributed by atoms with Crippen molar-refractivity contribution in [2.45, 2.75) is 26.4 Å². The highest BCUT2D eigenvalue weighted by molar-refractivity contribution is 6.05. The number of allylic oxidation sites excluding steroid dienone is 1. The van der Waals surface area contributed by atoms with Gasteiger partial charge in [-0.1, -0.05) is 31.2 Å². The maximum atomic E-state index is 4.71. The molecule has 0 amide bonds. The molecule has 1 atom stereocenters. The molecule has 1 N–H and O–H groups in total. The quantitative estimate of drug-likeness (QED) is 0.810.